The topological polar surface area (TPSA) is 81.4 Å². The van der Waals surface area contributed by atoms with Crippen LogP contribution in [0.4, 0.5) is 0 Å². The van der Waals surface area contributed by atoms with E-state index in [1.54, 1.807) is 25.3 Å². The Labute approximate surface area is 210 Å². The maximum atomic E-state index is 12.4. The molecule has 1 heterocycles. The Kier molecular flexibility index (Phi) is 7.84. The number of rotatable bonds is 8. The number of hydrazone groups is 1. The van der Waals surface area contributed by atoms with Crippen molar-refractivity contribution in [3.63, 3.8) is 0 Å². The molecule has 0 aliphatic carbocycles. The Bertz CT molecular complexity index is 1310. The van der Waals surface area contributed by atoms with Crippen LogP contribution in [-0.2, 0) is 4.79 Å². The molecule has 1 aromatic heterocycles. The first-order chi connectivity index (χ1) is 16.6. The molecule has 0 bridgehead atoms. The van der Waals surface area contributed by atoms with Crippen LogP contribution in [0.2, 0.25) is 10.0 Å². The SMILES string of the molecule is COc1ccc(-c2nnc(SCC(=O)N/N=C\c3cccc(Cl)c3Cl)n2-c2ccccc2)cc1. The summed E-state index contributed by atoms with van der Waals surface area (Å²) in [6.07, 6.45) is 1.45. The smallest absolute Gasteiger partial charge is 0.250 e. The Balaban J connectivity index is 1.50. The van der Waals surface area contributed by atoms with Crippen molar-refractivity contribution >= 4 is 47.1 Å². The van der Waals surface area contributed by atoms with Crippen molar-refractivity contribution in [1.82, 2.24) is 20.2 Å². The van der Waals surface area contributed by atoms with Crippen LogP contribution in [0.25, 0.3) is 17.1 Å². The second-order valence-corrected chi connectivity index (χ2v) is 8.66. The third-order valence-corrected chi connectivity index (χ3v) is 6.47. The lowest BCUT2D eigenvalue weighted by Gasteiger charge is -2.10. The van der Waals surface area contributed by atoms with Crippen molar-refractivity contribution in [1.29, 1.82) is 0 Å². The van der Waals surface area contributed by atoms with E-state index in [0.717, 1.165) is 17.0 Å². The third kappa shape index (κ3) is 5.59. The molecule has 4 rings (SSSR count). The summed E-state index contributed by atoms with van der Waals surface area (Å²) < 4.78 is 7.16. The molecule has 0 aliphatic rings. The van der Waals surface area contributed by atoms with Gasteiger partial charge in [0, 0.05) is 16.8 Å². The van der Waals surface area contributed by atoms with Gasteiger partial charge in [-0.15, -0.1) is 10.2 Å². The Morgan fingerprint density at radius 3 is 2.56 bits per heavy atom. The Morgan fingerprint density at radius 2 is 1.82 bits per heavy atom. The van der Waals surface area contributed by atoms with Crippen LogP contribution in [0.1, 0.15) is 5.56 Å². The predicted molar refractivity (Wildman–Crippen MR) is 136 cm³/mol. The van der Waals surface area contributed by atoms with Crippen LogP contribution in [-0.4, -0.2) is 39.7 Å². The molecule has 7 nitrogen and oxygen atoms in total. The average Bonchev–Trinajstić information content (AvgIpc) is 3.30. The van der Waals surface area contributed by atoms with E-state index >= 15 is 0 Å². The van der Waals surface area contributed by atoms with Gasteiger partial charge in [-0.2, -0.15) is 5.10 Å². The molecule has 1 amide bonds. The molecular weight excluding hydrogens is 493 g/mol. The van der Waals surface area contributed by atoms with Gasteiger partial charge >= 0.3 is 0 Å². The number of halogens is 2. The molecule has 1 N–H and O–H groups in total. The highest BCUT2D eigenvalue weighted by atomic mass is 35.5. The summed E-state index contributed by atoms with van der Waals surface area (Å²) >= 11 is 13.4. The monoisotopic (exact) mass is 511 g/mol. The molecule has 0 unspecified atom stereocenters. The van der Waals surface area contributed by atoms with Gasteiger partial charge in [-0.25, -0.2) is 5.43 Å². The molecule has 34 heavy (non-hydrogen) atoms. The van der Waals surface area contributed by atoms with Gasteiger partial charge in [0.05, 0.1) is 29.1 Å². The van der Waals surface area contributed by atoms with Crippen LogP contribution in [0, 0.1) is 0 Å². The molecular formula is C24H19Cl2N5O2S. The van der Waals surface area contributed by atoms with E-state index in [2.05, 4.69) is 20.7 Å². The number of aromatic nitrogens is 3. The molecule has 0 saturated heterocycles. The molecule has 0 saturated carbocycles. The highest BCUT2D eigenvalue weighted by Gasteiger charge is 2.17. The number of nitrogens with zero attached hydrogens (tertiary/aromatic N) is 4. The zero-order chi connectivity index (χ0) is 23.9. The highest BCUT2D eigenvalue weighted by Crippen LogP contribution is 2.29. The van der Waals surface area contributed by atoms with E-state index in [9.17, 15) is 4.79 Å². The second-order valence-electron chi connectivity index (χ2n) is 6.93. The number of nitrogens with one attached hydrogen (secondary N) is 1. The number of carbonyl (C=O) groups is 1. The number of methoxy groups -OCH3 is 1. The molecule has 0 aliphatic heterocycles. The summed E-state index contributed by atoms with van der Waals surface area (Å²) in [5, 5.41) is 14.0. The highest BCUT2D eigenvalue weighted by molar-refractivity contribution is 7.99. The maximum Gasteiger partial charge on any atom is 0.250 e. The van der Waals surface area contributed by atoms with Crippen molar-refractivity contribution < 1.29 is 9.53 Å². The van der Waals surface area contributed by atoms with Gasteiger partial charge in [0.15, 0.2) is 11.0 Å². The van der Waals surface area contributed by atoms with E-state index < -0.39 is 0 Å². The minimum atomic E-state index is -0.298. The summed E-state index contributed by atoms with van der Waals surface area (Å²) in [6, 6.07) is 22.5. The lowest BCUT2D eigenvalue weighted by Crippen LogP contribution is -2.20. The van der Waals surface area contributed by atoms with Crippen molar-refractivity contribution in [3.05, 3.63) is 88.4 Å². The first-order valence-electron chi connectivity index (χ1n) is 10.1. The van der Waals surface area contributed by atoms with E-state index in [1.807, 2.05) is 59.2 Å². The van der Waals surface area contributed by atoms with Crippen molar-refractivity contribution in [2.45, 2.75) is 5.16 Å². The minimum absolute atomic E-state index is 0.0915. The predicted octanol–water partition coefficient (Wildman–Crippen LogP) is 5.49. The summed E-state index contributed by atoms with van der Waals surface area (Å²) in [5.74, 6) is 1.20. The van der Waals surface area contributed by atoms with Gasteiger partial charge in [-0.05, 0) is 42.5 Å². The van der Waals surface area contributed by atoms with E-state index in [4.69, 9.17) is 27.9 Å². The second kappa shape index (κ2) is 11.2. The van der Waals surface area contributed by atoms with Crippen molar-refractivity contribution in [3.8, 4) is 22.8 Å². The fraction of sp³-hybridized carbons (Fsp3) is 0.0833. The summed E-state index contributed by atoms with van der Waals surface area (Å²) in [5.41, 5.74) is 4.86. The number of para-hydroxylation sites is 1. The first kappa shape index (κ1) is 23.8. The van der Waals surface area contributed by atoms with Crippen LogP contribution in [0.15, 0.2) is 83.1 Å². The number of amides is 1. The quantitative estimate of drug-likeness (QED) is 0.192. The number of thioether (sulfide) groups is 1. The number of hydrogen-bond donors (Lipinski definition) is 1. The Hall–Kier alpha value is -3.33. The summed E-state index contributed by atoms with van der Waals surface area (Å²) in [4.78, 5) is 12.4. The number of hydrogen-bond acceptors (Lipinski definition) is 6. The standard InChI is InChI=1S/C24H19Cl2N5O2S/c1-33-19-12-10-16(11-13-19)23-29-30-24(31(23)18-7-3-2-4-8-18)34-15-21(32)28-27-14-17-6-5-9-20(25)22(17)26/h2-14H,15H2,1H3,(H,28,32)/b27-14-. The van der Waals surface area contributed by atoms with E-state index in [-0.39, 0.29) is 11.7 Å². The van der Waals surface area contributed by atoms with Crippen LogP contribution in [0.5, 0.6) is 5.75 Å². The lowest BCUT2D eigenvalue weighted by atomic mass is 10.2. The van der Waals surface area contributed by atoms with Crippen molar-refractivity contribution in [2.75, 3.05) is 12.9 Å². The molecule has 4 aromatic rings. The largest absolute Gasteiger partial charge is 0.497 e. The van der Waals surface area contributed by atoms with Crippen molar-refractivity contribution in [2.24, 2.45) is 5.10 Å². The number of benzene rings is 3. The molecule has 3 aromatic carbocycles. The average molecular weight is 512 g/mol. The summed E-state index contributed by atoms with van der Waals surface area (Å²) in [6.45, 7) is 0. The Morgan fingerprint density at radius 1 is 1.06 bits per heavy atom. The first-order valence-corrected chi connectivity index (χ1v) is 11.8. The van der Waals surface area contributed by atoms with Gasteiger partial charge in [0.2, 0.25) is 0 Å². The normalized spacial score (nSPS) is 11.0. The van der Waals surface area contributed by atoms with Gasteiger partial charge in [-0.1, -0.05) is 65.3 Å². The van der Waals surface area contributed by atoms with E-state index in [1.165, 1.54) is 18.0 Å². The zero-order valence-corrected chi connectivity index (χ0v) is 20.3. The van der Waals surface area contributed by atoms with Gasteiger partial charge < -0.3 is 4.74 Å². The molecule has 10 heteroatoms. The fourth-order valence-corrected chi connectivity index (χ4v) is 4.16. The zero-order valence-electron chi connectivity index (χ0n) is 18.0. The molecule has 0 fully saturated rings. The molecule has 0 atom stereocenters. The third-order valence-electron chi connectivity index (χ3n) is 4.70. The van der Waals surface area contributed by atoms with E-state index in [0.29, 0.717) is 26.6 Å². The number of ether oxygens (including phenoxy) is 1. The lowest BCUT2D eigenvalue weighted by molar-refractivity contribution is -0.118. The van der Waals surface area contributed by atoms with Gasteiger partial charge in [0.1, 0.15) is 5.75 Å². The maximum absolute atomic E-state index is 12.4. The molecule has 0 radical (unpaired) electrons. The van der Waals surface area contributed by atoms with Crippen LogP contribution >= 0.6 is 35.0 Å². The molecule has 0 spiro atoms. The summed E-state index contributed by atoms with van der Waals surface area (Å²) in [7, 11) is 1.62. The van der Waals surface area contributed by atoms with Crippen LogP contribution in [0.3, 0.4) is 0 Å². The van der Waals surface area contributed by atoms with Gasteiger partial charge in [0.25, 0.3) is 5.91 Å². The number of carbonyl (C=O) groups excluding carboxylic acids is 1. The minimum Gasteiger partial charge on any atom is -0.497 e. The fourth-order valence-electron chi connectivity index (χ4n) is 3.06. The van der Waals surface area contributed by atoms with Gasteiger partial charge in [-0.3, -0.25) is 9.36 Å². The van der Waals surface area contributed by atoms with Crippen LogP contribution < -0.4 is 10.2 Å². The molecule has 172 valence electrons.